The van der Waals surface area contributed by atoms with Gasteiger partial charge in [0.2, 0.25) is 12.2 Å². The minimum atomic E-state index is 0.0309. The van der Waals surface area contributed by atoms with Gasteiger partial charge in [-0.1, -0.05) is 0 Å². The number of aliphatic imine (C=N–C) groups is 2. The fraction of sp³-hybridized carbons (Fsp3) is 0. The van der Waals surface area contributed by atoms with Crippen molar-refractivity contribution in [1.29, 1.82) is 0 Å². The first kappa shape index (κ1) is 9.67. The molecular weight excluding hydrogens is 184 g/mol. The summed E-state index contributed by atoms with van der Waals surface area (Å²) < 4.78 is 0. The average molecular weight is 190 g/mol. The number of hydrogen-bond donors (Lipinski definition) is 2. The number of isocyanates is 2. The van der Waals surface area contributed by atoms with Crippen molar-refractivity contribution in [3.63, 3.8) is 0 Å². The molecule has 6 nitrogen and oxygen atoms in total. The molecule has 0 saturated heterocycles. The highest BCUT2D eigenvalue weighted by atomic mass is 16.1. The predicted octanol–water partition coefficient (Wildman–Crippen LogP) is 0.786. The molecule has 0 aliphatic heterocycles. The van der Waals surface area contributed by atoms with Gasteiger partial charge in [-0.15, -0.1) is 0 Å². The molecule has 1 rings (SSSR count). The van der Waals surface area contributed by atoms with E-state index >= 15 is 0 Å². The Kier molecular flexibility index (Phi) is 2.76. The summed E-state index contributed by atoms with van der Waals surface area (Å²) in [6.45, 7) is 0. The number of hydrogen-bond acceptors (Lipinski definition) is 6. The standard InChI is InChI=1S/C8H6N4O2/c9-5-1-2-6(10)8(12-4-14)7(5)11-3-13/h1-2H,9-10H2. The summed E-state index contributed by atoms with van der Waals surface area (Å²) in [4.78, 5) is 26.7. The molecule has 70 valence electrons. The molecule has 0 heterocycles. The second kappa shape index (κ2) is 4.00. The van der Waals surface area contributed by atoms with Crippen molar-refractivity contribution >= 4 is 34.9 Å². The third-order valence-electron chi connectivity index (χ3n) is 1.53. The van der Waals surface area contributed by atoms with Crippen LogP contribution in [0.15, 0.2) is 22.1 Å². The van der Waals surface area contributed by atoms with Gasteiger partial charge in [0, 0.05) is 0 Å². The lowest BCUT2D eigenvalue weighted by Crippen LogP contribution is -1.90. The van der Waals surface area contributed by atoms with Gasteiger partial charge in [0.05, 0.1) is 11.4 Å². The Morgan fingerprint density at radius 1 is 0.929 bits per heavy atom. The van der Waals surface area contributed by atoms with Crippen molar-refractivity contribution < 1.29 is 9.59 Å². The van der Waals surface area contributed by atoms with Gasteiger partial charge in [-0.3, -0.25) is 0 Å². The first-order valence-electron chi connectivity index (χ1n) is 3.54. The van der Waals surface area contributed by atoms with Crippen LogP contribution in [0.5, 0.6) is 0 Å². The number of carbonyl (C=O) groups excluding carboxylic acids is 2. The summed E-state index contributed by atoms with van der Waals surface area (Å²) in [5.41, 5.74) is 11.4. The highest BCUT2D eigenvalue weighted by Gasteiger charge is 2.08. The first-order chi connectivity index (χ1) is 6.70. The van der Waals surface area contributed by atoms with Gasteiger partial charge in [0.1, 0.15) is 11.4 Å². The second-order valence-corrected chi connectivity index (χ2v) is 2.35. The molecule has 14 heavy (non-hydrogen) atoms. The van der Waals surface area contributed by atoms with Crippen LogP contribution in [-0.4, -0.2) is 12.2 Å². The smallest absolute Gasteiger partial charge is 0.240 e. The summed E-state index contributed by atoms with van der Waals surface area (Å²) in [7, 11) is 0. The number of nitrogens with two attached hydrogens (primary N) is 2. The molecule has 0 aliphatic rings. The summed E-state index contributed by atoms with van der Waals surface area (Å²) in [5, 5.41) is 0. The lowest BCUT2D eigenvalue weighted by atomic mass is 10.2. The van der Waals surface area contributed by atoms with E-state index in [2.05, 4.69) is 9.98 Å². The molecule has 0 amide bonds. The third kappa shape index (κ3) is 1.67. The van der Waals surface area contributed by atoms with Gasteiger partial charge in [0.25, 0.3) is 0 Å². The number of benzene rings is 1. The molecule has 6 heteroatoms. The van der Waals surface area contributed by atoms with E-state index in [0.29, 0.717) is 0 Å². The van der Waals surface area contributed by atoms with Crippen LogP contribution >= 0.6 is 0 Å². The zero-order valence-corrected chi connectivity index (χ0v) is 7.02. The minimum absolute atomic E-state index is 0.0309. The number of nitrogens with zero attached hydrogens (tertiary/aromatic N) is 2. The number of anilines is 2. The van der Waals surface area contributed by atoms with Crippen LogP contribution in [0.1, 0.15) is 0 Å². The second-order valence-electron chi connectivity index (χ2n) is 2.35. The molecule has 0 aromatic heterocycles. The minimum Gasteiger partial charge on any atom is -0.397 e. The maximum absolute atomic E-state index is 10.1. The summed E-state index contributed by atoms with van der Waals surface area (Å²) >= 11 is 0. The maximum atomic E-state index is 10.1. The molecule has 1 aromatic carbocycles. The van der Waals surface area contributed by atoms with Gasteiger partial charge in [-0.25, -0.2) is 9.59 Å². The lowest BCUT2D eigenvalue weighted by molar-refractivity contribution is 0.564. The first-order valence-corrected chi connectivity index (χ1v) is 3.54. The Morgan fingerprint density at radius 3 is 1.57 bits per heavy atom. The van der Waals surface area contributed by atoms with Crippen molar-refractivity contribution in [2.24, 2.45) is 9.98 Å². The molecule has 1 aromatic rings. The highest BCUT2D eigenvalue weighted by molar-refractivity contribution is 5.87. The van der Waals surface area contributed by atoms with Crippen LogP contribution in [-0.2, 0) is 9.59 Å². The fourth-order valence-electron chi connectivity index (χ4n) is 0.937. The normalized spacial score (nSPS) is 8.57. The molecule has 0 atom stereocenters. The van der Waals surface area contributed by atoms with Crippen molar-refractivity contribution in [1.82, 2.24) is 0 Å². The SMILES string of the molecule is Nc1ccc(N)c(N=C=O)c1N=C=O. The summed E-state index contributed by atoms with van der Waals surface area (Å²) in [6, 6.07) is 2.91. The largest absolute Gasteiger partial charge is 0.397 e. The van der Waals surface area contributed by atoms with E-state index in [1.54, 1.807) is 0 Å². The van der Waals surface area contributed by atoms with Crippen LogP contribution < -0.4 is 11.5 Å². The fourth-order valence-corrected chi connectivity index (χ4v) is 0.937. The lowest BCUT2D eigenvalue weighted by Gasteiger charge is -2.03. The highest BCUT2D eigenvalue weighted by Crippen LogP contribution is 2.38. The predicted molar refractivity (Wildman–Crippen MR) is 50.8 cm³/mol. The van der Waals surface area contributed by atoms with Crippen LogP contribution in [0, 0.1) is 0 Å². The molecule has 0 unspecified atom stereocenters. The number of nitrogen functional groups attached to an aromatic ring is 2. The number of rotatable bonds is 2. The Bertz CT molecular complexity index is 414. The Labute approximate surface area is 79.0 Å². The molecule has 0 radical (unpaired) electrons. The van der Waals surface area contributed by atoms with Crippen LogP contribution in [0.3, 0.4) is 0 Å². The topological polar surface area (TPSA) is 111 Å². The van der Waals surface area contributed by atoms with E-state index in [9.17, 15) is 9.59 Å². The van der Waals surface area contributed by atoms with Gasteiger partial charge in [-0.2, -0.15) is 9.98 Å². The Morgan fingerprint density at radius 2 is 1.29 bits per heavy atom. The maximum Gasteiger partial charge on any atom is 0.240 e. The molecule has 0 bridgehead atoms. The zero-order chi connectivity index (χ0) is 10.6. The van der Waals surface area contributed by atoms with Gasteiger partial charge < -0.3 is 11.5 Å². The molecule has 4 N–H and O–H groups in total. The molecular formula is C8H6N4O2. The summed E-state index contributed by atoms with van der Waals surface area (Å²) in [6.07, 6.45) is 2.60. The van der Waals surface area contributed by atoms with E-state index < -0.39 is 0 Å². The Balaban J connectivity index is 3.56. The van der Waals surface area contributed by atoms with E-state index in [-0.39, 0.29) is 22.7 Å². The molecule has 0 saturated carbocycles. The van der Waals surface area contributed by atoms with Crippen LogP contribution in [0.4, 0.5) is 22.7 Å². The van der Waals surface area contributed by atoms with Gasteiger partial charge in [0.15, 0.2) is 0 Å². The monoisotopic (exact) mass is 190 g/mol. The van der Waals surface area contributed by atoms with E-state index in [4.69, 9.17) is 11.5 Å². The zero-order valence-electron chi connectivity index (χ0n) is 7.02. The third-order valence-corrected chi connectivity index (χ3v) is 1.53. The van der Waals surface area contributed by atoms with Crippen molar-refractivity contribution in [3.8, 4) is 0 Å². The van der Waals surface area contributed by atoms with Crippen molar-refractivity contribution in [3.05, 3.63) is 12.1 Å². The van der Waals surface area contributed by atoms with Crippen LogP contribution in [0.25, 0.3) is 0 Å². The quantitative estimate of drug-likeness (QED) is 0.407. The van der Waals surface area contributed by atoms with Gasteiger partial charge in [-0.05, 0) is 12.1 Å². The average Bonchev–Trinajstić information content (AvgIpc) is 2.17. The van der Waals surface area contributed by atoms with E-state index in [1.165, 1.54) is 24.3 Å². The summed E-state index contributed by atoms with van der Waals surface area (Å²) in [5.74, 6) is 0. The van der Waals surface area contributed by atoms with Crippen LogP contribution in [0.2, 0.25) is 0 Å². The molecule has 0 spiro atoms. The van der Waals surface area contributed by atoms with Crippen molar-refractivity contribution in [2.45, 2.75) is 0 Å². The van der Waals surface area contributed by atoms with E-state index in [1.807, 2.05) is 0 Å². The van der Waals surface area contributed by atoms with Gasteiger partial charge >= 0.3 is 0 Å². The molecule has 0 aliphatic carbocycles. The van der Waals surface area contributed by atoms with Crippen molar-refractivity contribution in [2.75, 3.05) is 11.5 Å². The Hall–Kier alpha value is -2.42. The molecule has 0 fully saturated rings. The van der Waals surface area contributed by atoms with E-state index in [0.717, 1.165) is 0 Å².